The van der Waals surface area contributed by atoms with E-state index in [-0.39, 0.29) is 17.3 Å². The quantitative estimate of drug-likeness (QED) is 0.512. The number of benzene rings is 3. The summed E-state index contributed by atoms with van der Waals surface area (Å²) in [5.74, 6) is -0.310. The van der Waals surface area contributed by atoms with Gasteiger partial charge in [0.25, 0.3) is 10.0 Å². The van der Waals surface area contributed by atoms with Gasteiger partial charge in [0, 0.05) is 18.6 Å². The van der Waals surface area contributed by atoms with Crippen molar-refractivity contribution in [1.29, 1.82) is 0 Å². The normalized spacial score (nSPS) is 11.2. The Bertz CT molecular complexity index is 1160. The molecule has 0 spiro atoms. The van der Waals surface area contributed by atoms with Crippen LogP contribution in [0.15, 0.2) is 77.7 Å². The molecule has 0 aliphatic carbocycles. The molecule has 3 rings (SSSR count). The molecule has 5 nitrogen and oxygen atoms in total. The van der Waals surface area contributed by atoms with E-state index in [1.54, 1.807) is 49.5 Å². The zero-order chi connectivity index (χ0) is 22.6. The van der Waals surface area contributed by atoms with E-state index >= 15 is 0 Å². The summed E-state index contributed by atoms with van der Waals surface area (Å²) in [7, 11) is -2.27. The van der Waals surface area contributed by atoms with E-state index in [0.29, 0.717) is 17.3 Å². The number of halogens is 1. The van der Waals surface area contributed by atoms with Crippen molar-refractivity contribution in [3.05, 3.63) is 94.5 Å². The molecule has 3 aromatic carbocycles. The van der Waals surface area contributed by atoms with Crippen LogP contribution in [0.25, 0.3) is 0 Å². The van der Waals surface area contributed by atoms with Gasteiger partial charge in [0.15, 0.2) is 0 Å². The van der Waals surface area contributed by atoms with Gasteiger partial charge in [-0.3, -0.25) is 9.10 Å². The molecule has 0 aliphatic rings. The number of amides is 1. The summed E-state index contributed by atoms with van der Waals surface area (Å²) in [5.41, 5.74) is 3.17. The number of aryl methyl sites for hydroxylation is 1. The Hall–Kier alpha value is -2.83. The van der Waals surface area contributed by atoms with E-state index in [0.717, 1.165) is 16.7 Å². The Morgan fingerprint density at radius 2 is 1.55 bits per heavy atom. The van der Waals surface area contributed by atoms with Gasteiger partial charge >= 0.3 is 0 Å². The zero-order valence-corrected chi connectivity index (χ0v) is 19.3. The molecule has 0 N–H and O–H groups in total. The fraction of sp³-hybridized carbons (Fsp3) is 0.208. The van der Waals surface area contributed by atoms with Gasteiger partial charge in [-0.15, -0.1) is 0 Å². The number of hydrogen-bond donors (Lipinski definition) is 0. The van der Waals surface area contributed by atoms with Crippen LogP contribution < -0.4 is 4.31 Å². The van der Waals surface area contributed by atoms with Crippen LogP contribution in [-0.4, -0.2) is 32.8 Å². The van der Waals surface area contributed by atoms with Crippen molar-refractivity contribution in [2.45, 2.75) is 25.3 Å². The number of carbonyl (C=O) groups excluding carboxylic acids is 1. The number of carbonyl (C=O) groups is 1. The number of likely N-dealkylation sites (N-methyl/N-ethyl adjacent to an activating group) is 1. The second-order valence-electron chi connectivity index (χ2n) is 7.42. The minimum absolute atomic E-state index is 0.143. The highest BCUT2D eigenvalue weighted by Crippen LogP contribution is 2.28. The monoisotopic (exact) mass is 456 g/mol. The Kier molecular flexibility index (Phi) is 7.03. The molecule has 0 aromatic heterocycles. The van der Waals surface area contributed by atoms with Crippen molar-refractivity contribution in [1.82, 2.24) is 4.90 Å². The minimum Gasteiger partial charge on any atom is -0.340 e. The van der Waals surface area contributed by atoms with Crippen molar-refractivity contribution in [2.24, 2.45) is 0 Å². The van der Waals surface area contributed by atoms with E-state index < -0.39 is 10.0 Å². The van der Waals surface area contributed by atoms with Crippen molar-refractivity contribution in [3.8, 4) is 0 Å². The second-order valence-corrected chi connectivity index (χ2v) is 9.72. The summed E-state index contributed by atoms with van der Waals surface area (Å²) in [5, 5.41) is 0.618. The van der Waals surface area contributed by atoms with Gasteiger partial charge in [0.05, 0.1) is 10.6 Å². The average Bonchev–Trinajstić information content (AvgIpc) is 2.76. The molecular formula is C24H25ClN2O3S. The molecule has 0 radical (unpaired) electrons. The van der Waals surface area contributed by atoms with Crippen molar-refractivity contribution in [2.75, 3.05) is 17.9 Å². The van der Waals surface area contributed by atoms with Crippen LogP contribution in [-0.2, 0) is 21.4 Å². The van der Waals surface area contributed by atoms with Crippen LogP contribution in [0.3, 0.4) is 0 Å². The third-order valence-corrected chi connectivity index (χ3v) is 7.24. The SMILES string of the molecule is Cc1cccc(N(CC(=O)N(C)Cc2ccc(Cl)cc2)S(=O)(=O)c2ccccc2)c1C. The maximum absolute atomic E-state index is 13.5. The van der Waals surface area contributed by atoms with E-state index in [2.05, 4.69) is 0 Å². The van der Waals surface area contributed by atoms with Gasteiger partial charge in [0.2, 0.25) is 5.91 Å². The van der Waals surface area contributed by atoms with Crippen molar-refractivity contribution in [3.63, 3.8) is 0 Å². The van der Waals surface area contributed by atoms with Crippen LogP contribution in [0.5, 0.6) is 0 Å². The highest BCUT2D eigenvalue weighted by Gasteiger charge is 2.29. The number of rotatable bonds is 7. The van der Waals surface area contributed by atoms with Gasteiger partial charge in [-0.25, -0.2) is 8.42 Å². The average molecular weight is 457 g/mol. The summed E-state index contributed by atoms with van der Waals surface area (Å²) >= 11 is 5.93. The number of anilines is 1. The Balaban J connectivity index is 1.94. The highest BCUT2D eigenvalue weighted by atomic mass is 35.5. The molecule has 1 amide bonds. The van der Waals surface area contributed by atoms with Gasteiger partial charge in [-0.2, -0.15) is 0 Å². The molecule has 3 aromatic rings. The fourth-order valence-electron chi connectivity index (χ4n) is 3.22. The third kappa shape index (κ3) is 5.27. The van der Waals surface area contributed by atoms with Crippen LogP contribution in [0.2, 0.25) is 5.02 Å². The lowest BCUT2D eigenvalue weighted by Gasteiger charge is -2.28. The number of nitrogens with zero attached hydrogens (tertiary/aromatic N) is 2. The minimum atomic E-state index is -3.93. The van der Waals surface area contributed by atoms with E-state index in [1.165, 1.54) is 21.3 Å². The lowest BCUT2D eigenvalue weighted by Crippen LogP contribution is -2.41. The summed E-state index contributed by atoms with van der Waals surface area (Å²) in [4.78, 5) is 14.7. The number of hydrogen-bond acceptors (Lipinski definition) is 3. The predicted octanol–water partition coefficient (Wildman–Crippen LogP) is 4.81. The summed E-state index contributed by atoms with van der Waals surface area (Å²) < 4.78 is 28.2. The highest BCUT2D eigenvalue weighted by molar-refractivity contribution is 7.92. The molecule has 162 valence electrons. The Labute approximate surface area is 188 Å². The van der Waals surface area contributed by atoms with Crippen LogP contribution in [0.4, 0.5) is 5.69 Å². The fourth-order valence-corrected chi connectivity index (χ4v) is 4.84. The molecule has 7 heteroatoms. The number of sulfonamides is 1. The van der Waals surface area contributed by atoms with Gasteiger partial charge in [-0.05, 0) is 60.9 Å². The Morgan fingerprint density at radius 1 is 0.903 bits per heavy atom. The zero-order valence-electron chi connectivity index (χ0n) is 17.7. The van der Waals surface area contributed by atoms with Crippen LogP contribution in [0, 0.1) is 13.8 Å². The van der Waals surface area contributed by atoms with Crippen molar-refractivity contribution >= 4 is 33.2 Å². The predicted molar refractivity (Wildman–Crippen MR) is 125 cm³/mol. The molecule has 0 bridgehead atoms. The smallest absolute Gasteiger partial charge is 0.264 e. The third-order valence-electron chi connectivity index (χ3n) is 5.21. The molecule has 0 unspecified atom stereocenters. The van der Waals surface area contributed by atoms with Crippen LogP contribution in [0.1, 0.15) is 16.7 Å². The molecule has 0 heterocycles. The maximum atomic E-state index is 13.5. The van der Waals surface area contributed by atoms with E-state index in [1.807, 2.05) is 32.0 Å². The van der Waals surface area contributed by atoms with Gasteiger partial charge in [0.1, 0.15) is 6.54 Å². The summed E-state index contributed by atoms with van der Waals surface area (Å²) in [6, 6.07) is 20.8. The second kappa shape index (κ2) is 9.54. The molecule has 31 heavy (non-hydrogen) atoms. The van der Waals surface area contributed by atoms with E-state index in [4.69, 9.17) is 11.6 Å². The summed E-state index contributed by atoms with van der Waals surface area (Å²) in [6.07, 6.45) is 0. The molecule has 0 aliphatic heterocycles. The van der Waals surface area contributed by atoms with Gasteiger partial charge < -0.3 is 4.90 Å². The Morgan fingerprint density at radius 3 is 2.19 bits per heavy atom. The largest absolute Gasteiger partial charge is 0.340 e. The first-order chi connectivity index (χ1) is 14.7. The molecule has 0 atom stereocenters. The maximum Gasteiger partial charge on any atom is 0.264 e. The lowest BCUT2D eigenvalue weighted by molar-refractivity contribution is -0.128. The van der Waals surface area contributed by atoms with Crippen LogP contribution >= 0.6 is 11.6 Å². The lowest BCUT2D eigenvalue weighted by atomic mass is 10.1. The first kappa shape index (κ1) is 22.8. The molecule has 0 fully saturated rings. The molecule has 0 saturated carbocycles. The van der Waals surface area contributed by atoms with Gasteiger partial charge in [-0.1, -0.05) is 54.1 Å². The van der Waals surface area contributed by atoms with E-state index in [9.17, 15) is 13.2 Å². The topological polar surface area (TPSA) is 57.7 Å². The molecule has 0 saturated heterocycles. The summed E-state index contributed by atoms with van der Waals surface area (Å²) in [6.45, 7) is 3.83. The standard InChI is InChI=1S/C24H25ClN2O3S/c1-18-8-7-11-23(19(18)2)27(31(29,30)22-9-5-4-6-10-22)17-24(28)26(3)16-20-12-14-21(25)15-13-20/h4-15H,16-17H2,1-3H3. The molecular weight excluding hydrogens is 432 g/mol. The first-order valence-electron chi connectivity index (χ1n) is 9.82. The van der Waals surface area contributed by atoms with Crippen molar-refractivity contribution < 1.29 is 13.2 Å². The first-order valence-corrected chi connectivity index (χ1v) is 11.6.